The van der Waals surface area contributed by atoms with Gasteiger partial charge in [0.15, 0.2) is 5.82 Å². The van der Waals surface area contributed by atoms with E-state index in [1.165, 1.54) is 12.1 Å². The first-order valence-electron chi connectivity index (χ1n) is 6.58. The molecule has 3 rings (SSSR count). The number of rotatable bonds is 2. The quantitative estimate of drug-likeness (QED) is 0.876. The van der Waals surface area contributed by atoms with Crippen molar-refractivity contribution in [2.75, 3.05) is 18.4 Å². The predicted molar refractivity (Wildman–Crippen MR) is 72.7 cm³/mol. The Hall–Kier alpha value is -1.13. The molecular weight excluding hydrogens is 267 g/mol. The number of halogens is 2. The predicted octanol–water partition coefficient (Wildman–Crippen LogP) is 2.81. The van der Waals surface area contributed by atoms with Crippen LogP contribution in [0.25, 0.3) is 0 Å². The molecule has 1 spiro atoms. The Morgan fingerprint density at radius 1 is 1.42 bits per heavy atom. The molecule has 0 bridgehead atoms. The Morgan fingerprint density at radius 2 is 2.16 bits per heavy atom. The van der Waals surface area contributed by atoms with Gasteiger partial charge in [-0.1, -0.05) is 17.7 Å². The molecule has 2 fully saturated rings. The Bertz CT molecular complexity index is 514. The molecular formula is C14H16ClFN2O. The summed E-state index contributed by atoms with van der Waals surface area (Å²) in [5, 5.41) is 6.00. The number of carbonyl (C=O) groups excluding carboxylic acids is 1. The summed E-state index contributed by atoms with van der Waals surface area (Å²) >= 11 is 5.70. The largest absolute Gasteiger partial charge is 0.323 e. The lowest BCUT2D eigenvalue weighted by Crippen LogP contribution is -2.31. The number of hydrogen-bond donors (Lipinski definition) is 2. The molecule has 1 aromatic carbocycles. The average molecular weight is 283 g/mol. The third-order valence-electron chi connectivity index (χ3n) is 4.32. The first-order valence-corrected chi connectivity index (χ1v) is 6.96. The Kier molecular flexibility index (Phi) is 3.23. The van der Waals surface area contributed by atoms with Crippen molar-refractivity contribution >= 4 is 23.2 Å². The van der Waals surface area contributed by atoms with E-state index >= 15 is 0 Å². The SMILES string of the molecule is O=C(Nc1cccc(Cl)c1F)C1CC12CCNCC2. The smallest absolute Gasteiger partial charge is 0.228 e. The van der Waals surface area contributed by atoms with E-state index < -0.39 is 5.82 Å². The van der Waals surface area contributed by atoms with Crippen LogP contribution in [-0.4, -0.2) is 19.0 Å². The van der Waals surface area contributed by atoms with Crippen molar-refractivity contribution in [3.63, 3.8) is 0 Å². The Balaban J connectivity index is 1.68. The molecule has 1 atom stereocenters. The first-order chi connectivity index (χ1) is 9.12. The molecule has 19 heavy (non-hydrogen) atoms. The number of nitrogens with one attached hydrogen (secondary N) is 2. The minimum atomic E-state index is -0.558. The maximum Gasteiger partial charge on any atom is 0.228 e. The van der Waals surface area contributed by atoms with E-state index in [9.17, 15) is 9.18 Å². The second-order valence-electron chi connectivity index (χ2n) is 5.46. The lowest BCUT2D eigenvalue weighted by Gasteiger charge is -2.23. The van der Waals surface area contributed by atoms with Crippen molar-refractivity contribution in [3.05, 3.63) is 29.0 Å². The van der Waals surface area contributed by atoms with E-state index in [1.807, 2.05) is 0 Å². The average Bonchev–Trinajstić information content (AvgIpc) is 3.09. The topological polar surface area (TPSA) is 41.1 Å². The van der Waals surface area contributed by atoms with Crippen LogP contribution >= 0.6 is 11.6 Å². The van der Waals surface area contributed by atoms with Crippen molar-refractivity contribution in [1.82, 2.24) is 5.32 Å². The van der Waals surface area contributed by atoms with Crippen molar-refractivity contribution in [1.29, 1.82) is 0 Å². The highest BCUT2D eigenvalue weighted by Gasteiger charge is 2.57. The maximum absolute atomic E-state index is 13.7. The molecule has 2 aliphatic rings. The van der Waals surface area contributed by atoms with E-state index in [0.717, 1.165) is 32.4 Å². The zero-order valence-electron chi connectivity index (χ0n) is 10.5. The summed E-state index contributed by atoms with van der Waals surface area (Å²) in [6, 6.07) is 4.64. The molecule has 1 aromatic rings. The van der Waals surface area contributed by atoms with Gasteiger partial charge < -0.3 is 10.6 Å². The lowest BCUT2D eigenvalue weighted by atomic mass is 9.92. The van der Waals surface area contributed by atoms with E-state index in [4.69, 9.17) is 11.6 Å². The van der Waals surface area contributed by atoms with Gasteiger partial charge in [-0.15, -0.1) is 0 Å². The fourth-order valence-corrected chi connectivity index (χ4v) is 3.19. The molecule has 1 amide bonds. The third kappa shape index (κ3) is 2.35. The highest BCUT2D eigenvalue weighted by molar-refractivity contribution is 6.31. The molecule has 1 saturated heterocycles. The van der Waals surface area contributed by atoms with Crippen molar-refractivity contribution in [2.45, 2.75) is 19.3 Å². The first kappa shape index (κ1) is 12.9. The Labute approximate surface area is 116 Å². The van der Waals surface area contributed by atoms with Crippen LogP contribution in [0.3, 0.4) is 0 Å². The van der Waals surface area contributed by atoms with Crippen LogP contribution in [0.15, 0.2) is 18.2 Å². The molecule has 1 heterocycles. The van der Waals surface area contributed by atoms with Crippen LogP contribution < -0.4 is 10.6 Å². The summed E-state index contributed by atoms with van der Waals surface area (Å²) in [5.74, 6) is -0.617. The summed E-state index contributed by atoms with van der Waals surface area (Å²) in [7, 11) is 0. The van der Waals surface area contributed by atoms with E-state index in [2.05, 4.69) is 10.6 Å². The molecule has 102 valence electrons. The van der Waals surface area contributed by atoms with Gasteiger partial charge in [0.05, 0.1) is 10.7 Å². The van der Waals surface area contributed by atoms with Gasteiger partial charge in [0.1, 0.15) is 0 Å². The molecule has 1 aliphatic carbocycles. The standard InChI is InChI=1S/C14H16ClFN2O/c15-10-2-1-3-11(12(10)16)18-13(19)9-8-14(9)4-6-17-7-5-14/h1-3,9,17H,4-8H2,(H,18,19). The summed E-state index contributed by atoms with van der Waals surface area (Å²) < 4.78 is 13.7. The van der Waals surface area contributed by atoms with Gasteiger partial charge in [-0.3, -0.25) is 4.79 Å². The zero-order valence-corrected chi connectivity index (χ0v) is 11.3. The highest BCUT2D eigenvalue weighted by Crippen LogP contribution is 2.58. The van der Waals surface area contributed by atoms with Crippen molar-refractivity contribution in [3.8, 4) is 0 Å². The monoisotopic (exact) mass is 282 g/mol. The van der Waals surface area contributed by atoms with Crippen molar-refractivity contribution < 1.29 is 9.18 Å². The molecule has 0 aromatic heterocycles. The molecule has 2 N–H and O–H groups in total. The molecule has 1 unspecified atom stereocenters. The number of hydrogen-bond acceptors (Lipinski definition) is 2. The summed E-state index contributed by atoms with van der Waals surface area (Å²) in [6.45, 7) is 1.94. The Morgan fingerprint density at radius 3 is 2.89 bits per heavy atom. The molecule has 5 heteroatoms. The van der Waals surface area contributed by atoms with E-state index in [-0.39, 0.29) is 28.0 Å². The van der Waals surface area contributed by atoms with Crippen LogP contribution in [0.2, 0.25) is 5.02 Å². The van der Waals surface area contributed by atoms with Gasteiger partial charge in [-0.2, -0.15) is 0 Å². The summed E-state index contributed by atoms with van der Waals surface area (Å²) in [6.07, 6.45) is 2.98. The van der Waals surface area contributed by atoms with Gasteiger partial charge in [-0.25, -0.2) is 4.39 Å². The van der Waals surface area contributed by atoms with E-state index in [0.29, 0.717) is 0 Å². The van der Waals surface area contributed by atoms with Gasteiger partial charge in [0, 0.05) is 5.92 Å². The van der Waals surface area contributed by atoms with Crippen molar-refractivity contribution in [2.24, 2.45) is 11.3 Å². The summed E-state index contributed by atoms with van der Waals surface area (Å²) in [5.41, 5.74) is 0.332. The molecule has 1 aliphatic heterocycles. The second kappa shape index (κ2) is 4.76. The zero-order chi connectivity index (χ0) is 13.5. The van der Waals surface area contributed by atoms with Crippen LogP contribution in [0.1, 0.15) is 19.3 Å². The summed E-state index contributed by atoms with van der Waals surface area (Å²) in [4.78, 5) is 12.2. The number of benzene rings is 1. The van der Waals surface area contributed by atoms with Crippen LogP contribution in [0, 0.1) is 17.2 Å². The second-order valence-corrected chi connectivity index (χ2v) is 5.87. The van der Waals surface area contributed by atoms with Crippen LogP contribution in [0.4, 0.5) is 10.1 Å². The van der Waals surface area contributed by atoms with E-state index in [1.54, 1.807) is 6.07 Å². The van der Waals surface area contributed by atoms with Gasteiger partial charge in [0.2, 0.25) is 5.91 Å². The number of anilines is 1. The minimum Gasteiger partial charge on any atom is -0.323 e. The van der Waals surface area contributed by atoms with Gasteiger partial charge in [-0.05, 0) is 49.9 Å². The van der Waals surface area contributed by atoms with Crippen LogP contribution in [0.5, 0.6) is 0 Å². The number of carbonyl (C=O) groups is 1. The number of piperidine rings is 1. The fourth-order valence-electron chi connectivity index (χ4n) is 3.02. The molecule has 0 radical (unpaired) electrons. The highest BCUT2D eigenvalue weighted by atomic mass is 35.5. The fraction of sp³-hybridized carbons (Fsp3) is 0.500. The lowest BCUT2D eigenvalue weighted by molar-refractivity contribution is -0.118. The molecule has 1 saturated carbocycles. The maximum atomic E-state index is 13.7. The van der Waals surface area contributed by atoms with Crippen LogP contribution in [-0.2, 0) is 4.79 Å². The number of amides is 1. The van der Waals surface area contributed by atoms with Gasteiger partial charge in [0.25, 0.3) is 0 Å². The molecule has 3 nitrogen and oxygen atoms in total. The minimum absolute atomic E-state index is 0.0213. The van der Waals surface area contributed by atoms with Gasteiger partial charge >= 0.3 is 0 Å². The third-order valence-corrected chi connectivity index (χ3v) is 4.61. The normalized spacial score (nSPS) is 24.2.